The average molecular weight is 371 g/mol. The van der Waals surface area contributed by atoms with Crippen molar-refractivity contribution in [2.45, 2.75) is 20.0 Å². The van der Waals surface area contributed by atoms with Gasteiger partial charge in [-0.3, -0.25) is 10.1 Å². The van der Waals surface area contributed by atoms with Gasteiger partial charge in [-0.05, 0) is 55.4 Å². The van der Waals surface area contributed by atoms with Crippen molar-refractivity contribution in [3.05, 3.63) is 54.3 Å². The molecule has 0 saturated carbocycles. The van der Waals surface area contributed by atoms with Crippen molar-refractivity contribution in [3.8, 4) is 23.0 Å². The molecule has 1 atom stereocenters. The number of nitrogens with one attached hydrogen (secondary N) is 1. The second-order valence-electron chi connectivity index (χ2n) is 5.56. The van der Waals surface area contributed by atoms with Crippen molar-refractivity contribution in [1.82, 2.24) is 10.1 Å². The van der Waals surface area contributed by atoms with Crippen LogP contribution in [0.25, 0.3) is 11.5 Å². The molecule has 3 rings (SSSR count). The van der Waals surface area contributed by atoms with E-state index in [0.717, 1.165) is 5.75 Å². The van der Waals surface area contributed by atoms with Crippen LogP contribution in [0.2, 0.25) is 0 Å². The number of anilines is 1. The van der Waals surface area contributed by atoms with Crippen LogP contribution in [0.15, 0.2) is 53.1 Å². The third kappa shape index (κ3) is 4.60. The van der Waals surface area contributed by atoms with Gasteiger partial charge in [0.15, 0.2) is 17.7 Å². The van der Waals surface area contributed by atoms with E-state index in [1.165, 1.54) is 25.1 Å². The molecule has 0 aliphatic heterocycles. The second-order valence-corrected chi connectivity index (χ2v) is 5.56. The highest BCUT2D eigenvalue weighted by Crippen LogP contribution is 2.22. The molecule has 0 aliphatic carbocycles. The molecule has 7 nitrogen and oxygen atoms in total. The minimum atomic E-state index is -0.950. The first kappa shape index (κ1) is 18.4. The maximum Gasteiger partial charge on any atom is 0.270 e. The van der Waals surface area contributed by atoms with Gasteiger partial charge in [0.2, 0.25) is 0 Å². The number of halogens is 1. The van der Waals surface area contributed by atoms with Gasteiger partial charge in [-0.25, -0.2) is 4.39 Å². The maximum absolute atomic E-state index is 13.6. The van der Waals surface area contributed by atoms with Gasteiger partial charge in [-0.15, -0.1) is 0 Å². The van der Waals surface area contributed by atoms with Crippen LogP contribution in [-0.2, 0) is 4.79 Å². The van der Waals surface area contributed by atoms with Gasteiger partial charge in [0, 0.05) is 5.56 Å². The Hall–Kier alpha value is -3.42. The topological polar surface area (TPSA) is 86.5 Å². The number of nitrogens with zero attached hydrogens (tertiary/aromatic N) is 2. The number of hydrogen-bond acceptors (Lipinski definition) is 6. The summed E-state index contributed by atoms with van der Waals surface area (Å²) in [7, 11) is 0. The van der Waals surface area contributed by atoms with E-state index in [4.69, 9.17) is 14.0 Å². The lowest BCUT2D eigenvalue weighted by molar-refractivity contribution is -0.122. The Balaban J connectivity index is 1.62. The molecule has 1 aromatic heterocycles. The lowest BCUT2D eigenvalue weighted by Gasteiger charge is -2.13. The molecule has 1 heterocycles. The SMILES string of the molecule is CCOc1ccc(-c2nc(NC(=O)[C@@H](C)Oc3ccccc3F)no2)cc1. The predicted molar refractivity (Wildman–Crippen MR) is 96.0 cm³/mol. The smallest absolute Gasteiger partial charge is 0.270 e. The Kier molecular flexibility index (Phi) is 5.65. The Morgan fingerprint density at radius 1 is 1.22 bits per heavy atom. The Morgan fingerprint density at radius 3 is 2.67 bits per heavy atom. The predicted octanol–water partition coefficient (Wildman–Crippen LogP) is 3.68. The van der Waals surface area contributed by atoms with Gasteiger partial charge in [0.05, 0.1) is 6.61 Å². The maximum atomic E-state index is 13.6. The van der Waals surface area contributed by atoms with Crippen molar-refractivity contribution < 1.29 is 23.2 Å². The second kappa shape index (κ2) is 8.31. The van der Waals surface area contributed by atoms with E-state index in [1.807, 2.05) is 6.92 Å². The molecule has 27 heavy (non-hydrogen) atoms. The van der Waals surface area contributed by atoms with Crippen molar-refractivity contribution in [1.29, 1.82) is 0 Å². The van der Waals surface area contributed by atoms with Gasteiger partial charge in [0.25, 0.3) is 17.7 Å². The van der Waals surface area contributed by atoms with E-state index in [9.17, 15) is 9.18 Å². The summed E-state index contributed by atoms with van der Waals surface area (Å²) < 4.78 is 29.4. The van der Waals surface area contributed by atoms with Crippen LogP contribution in [0.1, 0.15) is 13.8 Å². The van der Waals surface area contributed by atoms with Gasteiger partial charge in [-0.1, -0.05) is 12.1 Å². The van der Waals surface area contributed by atoms with E-state index in [0.29, 0.717) is 12.2 Å². The number of rotatable bonds is 7. The van der Waals surface area contributed by atoms with Crippen LogP contribution in [-0.4, -0.2) is 28.8 Å². The van der Waals surface area contributed by atoms with Crippen LogP contribution in [0, 0.1) is 5.82 Å². The molecular formula is C19H18FN3O4. The molecule has 1 N–H and O–H groups in total. The fourth-order valence-electron chi connectivity index (χ4n) is 2.25. The normalized spacial score (nSPS) is 11.7. The number of amides is 1. The molecule has 0 spiro atoms. The summed E-state index contributed by atoms with van der Waals surface area (Å²) in [5.74, 6) is -0.118. The Bertz CT molecular complexity index is 911. The van der Waals surface area contributed by atoms with Crippen molar-refractivity contribution in [2.75, 3.05) is 11.9 Å². The van der Waals surface area contributed by atoms with E-state index >= 15 is 0 Å². The molecule has 0 saturated heterocycles. The van der Waals surface area contributed by atoms with Gasteiger partial charge in [0.1, 0.15) is 5.75 Å². The fourth-order valence-corrected chi connectivity index (χ4v) is 2.25. The van der Waals surface area contributed by atoms with Crippen LogP contribution in [0.3, 0.4) is 0 Å². The number of carbonyl (C=O) groups excluding carboxylic acids is 1. The number of carbonyl (C=O) groups is 1. The van der Waals surface area contributed by atoms with Gasteiger partial charge >= 0.3 is 0 Å². The molecular weight excluding hydrogens is 353 g/mol. The van der Waals surface area contributed by atoms with Gasteiger partial charge < -0.3 is 14.0 Å². The standard InChI is InChI=1S/C19H18FN3O4/c1-3-25-14-10-8-13(9-11-14)18-22-19(23-27-18)21-17(24)12(2)26-16-7-5-4-6-15(16)20/h4-12H,3H2,1-2H3,(H,21,23,24)/t12-/m1/s1. The molecule has 0 bridgehead atoms. The van der Waals surface area contributed by atoms with E-state index in [2.05, 4.69) is 15.5 Å². The zero-order valence-corrected chi connectivity index (χ0v) is 14.8. The van der Waals surface area contributed by atoms with Crippen molar-refractivity contribution >= 4 is 11.9 Å². The van der Waals surface area contributed by atoms with Crippen molar-refractivity contribution in [2.24, 2.45) is 0 Å². The summed E-state index contributed by atoms with van der Waals surface area (Å²) in [5.41, 5.74) is 0.683. The van der Waals surface area contributed by atoms with Crippen LogP contribution in [0.5, 0.6) is 11.5 Å². The molecule has 140 valence electrons. The van der Waals surface area contributed by atoms with E-state index in [-0.39, 0.29) is 17.6 Å². The summed E-state index contributed by atoms with van der Waals surface area (Å²) in [4.78, 5) is 16.3. The van der Waals surface area contributed by atoms with Crippen molar-refractivity contribution in [3.63, 3.8) is 0 Å². The van der Waals surface area contributed by atoms with E-state index in [1.54, 1.807) is 30.3 Å². The molecule has 0 aliphatic rings. The third-order valence-corrected chi connectivity index (χ3v) is 3.58. The fraction of sp³-hybridized carbons (Fsp3) is 0.211. The summed E-state index contributed by atoms with van der Waals surface area (Å²) in [6.07, 6.45) is -0.950. The van der Waals surface area contributed by atoms with Crippen LogP contribution in [0.4, 0.5) is 10.3 Å². The number of benzene rings is 2. The summed E-state index contributed by atoms with van der Waals surface area (Å²) in [6.45, 7) is 3.97. The molecule has 0 fully saturated rings. The highest BCUT2D eigenvalue weighted by molar-refractivity contribution is 5.92. The highest BCUT2D eigenvalue weighted by Gasteiger charge is 2.19. The summed E-state index contributed by atoms with van der Waals surface area (Å²) >= 11 is 0. The Labute approximate surface area is 155 Å². The number of para-hydroxylation sites is 1. The Morgan fingerprint density at radius 2 is 1.96 bits per heavy atom. The lowest BCUT2D eigenvalue weighted by Crippen LogP contribution is -2.30. The molecule has 1 amide bonds. The largest absolute Gasteiger partial charge is 0.494 e. The molecule has 8 heteroatoms. The lowest BCUT2D eigenvalue weighted by atomic mass is 10.2. The quantitative estimate of drug-likeness (QED) is 0.682. The summed E-state index contributed by atoms with van der Waals surface area (Å²) in [5, 5.41) is 6.20. The molecule has 0 radical (unpaired) electrons. The average Bonchev–Trinajstić information content (AvgIpc) is 3.13. The van der Waals surface area contributed by atoms with Gasteiger partial charge in [-0.2, -0.15) is 4.98 Å². The first-order valence-electron chi connectivity index (χ1n) is 8.36. The monoisotopic (exact) mass is 371 g/mol. The molecule has 2 aromatic carbocycles. The van der Waals surface area contributed by atoms with E-state index < -0.39 is 17.8 Å². The molecule has 3 aromatic rings. The first-order chi connectivity index (χ1) is 13.1. The van der Waals surface area contributed by atoms with Crippen LogP contribution < -0.4 is 14.8 Å². The molecule has 0 unspecified atom stereocenters. The minimum Gasteiger partial charge on any atom is -0.494 e. The van der Waals surface area contributed by atoms with Crippen LogP contribution >= 0.6 is 0 Å². The summed E-state index contributed by atoms with van der Waals surface area (Å²) in [6, 6.07) is 13.0. The first-order valence-corrected chi connectivity index (χ1v) is 8.36. The zero-order chi connectivity index (χ0) is 19.2. The highest BCUT2D eigenvalue weighted by atomic mass is 19.1. The number of ether oxygens (including phenoxy) is 2. The number of hydrogen-bond donors (Lipinski definition) is 1. The third-order valence-electron chi connectivity index (χ3n) is 3.58. The minimum absolute atomic E-state index is 0.00660. The number of aromatic nitrogens is 2. The zero-order valence-electron chi connectivity index (χ0n) is 14.8.